The van der Waals surface area contributed by atoms with Gasteiger partial charge in [0.05, 0.1) is 0 Å². The number of carboxylic acid groups (broad SMARTS) is 1. The molecule has 0 radical (unpaired) electrons. The van der Waals surface area contributed by atoms with E-state index in [2.05, 4.69) is 43.3 Å². The number of benzene rings is 1. The van der Waals surface area contributed by atoms with Crippen LogP contribution >= 0.6 is 11.3 Å². The summed E-state index contributed by atoms with van der Waals surface area (Å²) in [7, 11) is 0. The summed E-state index contributed by atoms with van der Waals surface area (Å²) in [5.41, 5.74) is 8.14. The summed E-state index contributed by atoms with van der Waals surface area (Å²) >= 11 is 1.84. The van der Waals surface area contributed by atoms with Crippen LogP contribution in [-0.4, -0.2) is 18.1 Å². The predicted molar refractivity (Wildman–Crippen MR) is 75.9 cm³/mol. The zero-order chi connectivity index (χ0) is 13.4. The molecule has 1 aromatic carbocycles. The van der Waals surface area contributed by atoms with E-state index in [0.29, 0.717) is 0 Å². The Hall–Kier alpha value is -1.65. The molecule has 1 heterocycles. The summed E-state index contributed by atoms with van der Waals surface area (Å²) < 4.78 is 0. The first-order valence-electron chi connectivity index (χ1n) is 5.65. The van der Waals surface area contributed by atoms with Gasteiger partial charge in [-0.3, -0.25) is 4.79 Å². The predicted octanol–water partition coefficient (Wildman–Crippen LogP) is 2.93. The van der Waals surface area contributed by atoms with Crippen LogP contribution < -0.4 is 5.73 Å². The summed E-state index contributed by atoms with van der Waals surface area (Å²) in [5, 5.41) is 6.89. The second-order valence-corrected chi connectivity index (χ2v) is 4.94. The van der Waals surface area contributed by atoms with Crippen molar-refractivity contribution in [2.24, 2.45) is 5.73 Å². The van der Waals surface area contributed by atoms with Gasteiger partial charge in [-0.15, -0.1) is 11.3 Å². The maximum Gasteiger partial charge on any atom is 0.290 e. The van der Waals surface area contributed by atoms with Crippen LogP contribution in [0.25, 0.3) is 10.4 Å². The first kappa shape index (κ1) is 14.4. The van der Waals surface area contributed by atoms with Gasteiger partial charge in [0.15, 0.2) is 0 Å². The Morgan fingerprint density at radius 3 is 2.39 bits per heavy atom. The van der Waals surface area contributed by atoms with Crippen molar-refractivity contribution in [3.63, 3.8) is 0 Å². The molecular formula is C14H17NO2S. The van der Waals surface area contributed by atoms with Crippen molar-refractivity contribution in [2.75, 3.05) is 6.54 Å². The van der Waals surface area contributed by atoms with Crippen LogP contribution in [0.3, 0.4) is 0 Å². The number of thiophene rings is 1. The number of aryl methyl sites for hydroxylation is 1. The fourth-order valence-electron chi connectivity index (χ4n) is 1.53. The molecule has 0 aliphatic carbocycles. The minimum atomic E-state index is -0.250. The van der Waals surface area contributed by atoms with E-state index >= 15 is 0 Å². The topological polar surface area (TPSA) is 63.3 Å². The van der Waals surface area contributed by atoms with Crippen molar-refractivity contribution >= 4 is 17.8 Å². The molecule has 0 unspecified atom stereocenters. The zero-order valence-corrected chi connectivity index (χ0v) is 11.1. The molecule has 0 bridgehead atoms. The number of hydrogen-bond acceptors (Lipinski definition) is 3. The van der Waals surface area contributed by atoms with E-state index in [4.69, 9.17) is 15.6 Å². The van der Waals surface area contributed by atoms with E-state index in [1.54, 1.807) is 0 Å². The van der Waals surface area contributed by atoms with Gasteiger partial charge in [-0.2, -0.15) is 0 Å². The van der Waals surface area contributed by atoms with Gasteiger partial charge in [-0.25, -0.2) is 0 Å². The summed E-state index contributed by atoms with van der Waals surface area (Å²) in [6.45, 7) is 2.59. The number of rotatable bonds is 3. The van der Waals surface area contributed by atoms with Gasteiger partial charge in [-0.1, -0.05) is 29.8 Å². The Balaban J connectivity index is 0.000000492. The fraction of sp³-hybridized carbons (Fsp3) is 0.214. The molecule has 1 aromatic heterocycles. The lowest BCUT2D eigenvalue weighted by atomic mass is 10.1. The van der Waals surface area contributed by atoms with Gasteiger partial charge in [0.1, 0.15) is 0 Å². The van der Waals surface area contributed by atoms with E-state index in [1.807, 2.05) is 11.3 Å². The molecule has 3 N–H and O–H groups in total. The molecule has 18 heavy (non-hydrogen) atoms. The maximum absolute atomic E-state index is 8.36. The van der Waals surface area contributed by atoms with Gasteiger partial charge in [-0.05, 0) is 37.6 Å². The van der Waals surface area contributed by atoms with Crippen LogP contribution in [0.2, 0.25) is 0 Å². The lowest BCUT2D eigenvalue weighted by molar-refractivity contribution is -0.122. The summed E-state index contributed by atoms with van der Waals surface area (Å²) in [6.07, 6.45) is 0.983. The van der Waals surface area contributed by atoms with E-state index in [9.17, 15) is 0 Å². The van der Waals surface area contributed by atoms with E-state index < -0.39 is 0 Å². The first-order valence-corrected chi connectivity index (χ1v) is 6.46. The quantitative estimate of drug-likeness (QED) is 0.837. The van der Waals surface area contributed by atoms with Crippen molar-refractivity contribution in [1.82, 2.24) is 0 Å². The smallest absolute Gasteiger partial charge is 0.290 e. The number of carbonyl (C=O) groups is 1. The van der Waals surface area contributed by atoms with Crippen LogP contribution in [0.5, 0.6) is 0 Å². The van der Waals surface area contributed by atoms with Crippen molar-refractivity contribution in [2.45, 2.75) is 13.3 Å². The molecule has 2 aromatic rings. The van der Waals surface area contributed by atoms with Crippen molar-refractivity contribution in [3.8, 4) is 10.4 Å². The number of nitrogens with two attached hydrogens (primary N) is 1. The number of hydrogen-bond donors (Lipinski definition) is 2. The molecule has 4 heteroatoms. The summed E-state index contributed by atoms with van der Waals surface area (Å²) in [5.74, 6) is 0. The molecule has 3 nitrogen and oxygen atoms in total. The van der Waals surface area contributed by atoms with Gasteiger partial charge >= 0.3 is 0 Å². The molecule has 0 aliphatic heterocycles. The van der Waals surface area contributed by atoms with E-state index in [1.165, 1.54) is 20.9 Å². The van der Waals surface area contributed by atoms with Crippen LogP contribution in [0.15, 0.2) is 36.4 Å². The van der Waals surface area contributed by atoms with Gasteiger partial charge in [0, 0.05) is 9.75 Å². The molecule has 0 saturated carbocycles. The molecular weight excluding hydrogens is 246 g/mol. The van der Waals surface area contributed by atoms with Gasteiger partial charge in [0.2, 0.25) is 0 Å². The minimum Gasteiger partial charge on any atom is -0.483 e. The fourth-order valence-corrected chi connectivity index (χ4v) is 2.56. The highest BCUT2D eigenvalue weighted by atomic mass is 32.1. The monoisotopic (exact) mass is 263 g/mol. The Bertz CT molecular complexity index is 477. The summed E-state index contributed by atoms with van der Waals surface area (Å²) in [4.78, 5) is 11.1. The van der Waals surface area contributed by atoms with Crippen LogP contribution in [0.1, 0.15) is 10.4 Å². The normalized spacial score (nSPS) is 9.44. The second-order valence-electron chi connectivity index (χ2n) is 3.78. The molecule has 0 amide bonds. The van der Waals surface area contributed by atoms with Gasteiger partial charge in [0.25, 0.3) is 6.47 Å². The van der Waals surface area contributed by atoms with Crippen LogP contribution in [0, 0.1) is 6.92 Å². The van der Waals surface area contributed by atoms with Crippen molar-refractivity contribution in [1.29, 1.82) is 0 Å². The van der Waals surface area contributed by atoms with Crippen molar-refractivity contribution < 1.29 is 9.90 Å². The Morgan fingerprint density at radius 2 is 1.83 bits per heavy atom. The zero-order valence-electron chi connectivity index (χ0n) is 10.3. The van der Waals surface area contributed by atoms with Crippen LogP contribution in [-0.2, 0) is 11.2 Å². The highest BCUT2D eigenvalue weighted by Gasteiger charge is 2.01. The largest absolute Gasteiger partial charge is 0.483 e. The lowest BCUT2D eigenvalue weighted by Gasteiger charge is -1.97. The minimum absolute atomic E-state index is 0.250. The third-order valence-electron chi connectivity index (χ3n) is 2.39. The Labute approximate surface area is 111 Å². The standard InChI is InChI=1S/C13H15NS.CH2O2/c1-10-2-4-11(5-3-10)13-7-6-12(15-13)8-9-14;2-1-3/h2-7H,8-9,14H2,1H3;1H,(H,2,3). The molecule has 0 atom stereocenters. The molecule has 0 saturated heterocycles. The molecule has 2 rings (SSSR count). The van der Waals surface area contributed by atoms with Crippen LogP contribution in [0.4, 0.5) is 0 Å². The third-order valence-corrected chi connectivity index (χ3v) is 3.58. The molecule has 0 spiro atoms. The third kappa shape index (κ3) is 4.31. The average molecular weight is 263 g/mol. The van der Waals surface area contributed by atoms with E-state index in [-0.39, 0.29) is 6.47 Å². The second kappa shape index (κ2) is 7.63. The van der Waals surface area contributed by atoms with Gasteiger partial charge < -0.3 is 10.8 Å². The molecule has 96 valence electrons. The lowest BCUT2D eigenvalue weighted by Crippen LogP contribution is -2.00. The average Bonchev–Trinajstić information content (AvgIpc) is 2.80. The van der Waals surface area contributed by atoms with E-state index in [0.717, 1.165) is 13.0 Å². The summed E-state index contributed by atoms with van der Waals surface area (Å²) in [6, 6.07) is 13.0. The highest BCUT2D eigenvalue weighted by Crippen LogP contribution is 2.28. The highest BCUT2D eigenvalue weighted by molar-refractivity contribution is 7.15. The maximum atomic E-state index is 8.36. The molecule has 0 fully saturated rings. The first-order chi connectivity index (χ1) is 8.71. The Morgan fingerprint density at radius 1 is 1.22 bits per heavy atom. The SMILES string of the molecule is Cc1ccc(-c2ccc(CCN)s2)cc1.O=CO. The molecule has 0 aliphatic rings. The van der Waals surface area contributed by atoms with Crippen molar-refractivity contribution in [3.05, 3.63) is 46.8 Å². The Kier molecular flexibility index (Phi) is 6.11.